The van der Waals surface area contributed by atoms with E-state index in [9.17, 15) is 22.4 Å². The van der Waals surface area contributed by atoms with E-state index >= 15 is 0 Å². The Balaban J connectivity index is 1.48. The molecule has 0 radical (unpaired) electrons. The van der Waals surface area contributed by atoms with Gasteiger partial charge in [-0.1, -0.05) is 6.07 Å². The molecule has 0 aliphatic carbocycles. The van der Waals surface area contributed by atoms with Crippen molar-refractivity contribution in [2.75, 3.05) is 23.3 Å². The minimum absolute atomic E-state index is 0.108. The summed E-state index contributed by atoms with van der Waals surface area (Å²) in [5.41, 5.74) is -0.412. The molecule has 2 aromatic heterocycles. The average Bonchev–Trinajstić information content (AvgIpc) is 3.23. The van der Waals surface area contributed by atoms with Crippen LogP contribution in [0, 0.1) is 5.82 Å². The summed E-state index contributed by atoms with van der Waals surface area (Å²) >= 11 is 0. The van der Waals surface area contributed by atoms with Crippen molar-refractivity contribution >= 4 is 17.5 Å². The maximum absolute atomic E-state index is 13.4. The lowest BCUT2D eigenvalue weighted by Gasteiger charge is -2.20. The number of amides is 2. The van der Waals surface area contributed by atoms with Crippen LogP contribution in [-0.4, -0.2) is 40.1 Å². The number of urea groups is 1. The third-order valence-corrected chi connectivity index (χ3v) is 4.85. The van der Waals surface area contributed by atoms with Crippen molar-refractivity contribution in [1.82, 2.24) is 20.3 Å². The number of hydrogen-bond acceptors (Lipinski definition) is 5. The highest BCUT2D eigenvalue weighted by Crippen LogP contribution is 2.32. The lowest BCUT2D eigenvalue weighted by atomic mass is 10.2. The average molecular weight is 446 g/mol. The Morgan fingerprint density at radius 3 is 2.56 bits per heavy atom. The third kappa shape index (κ3) is 5.10. The number of halogens is 4. The summed E-state index contributed by atoms with van der Waals surface area (Å²) in [6.07, 6.45) is -2.68. The summed E-state index contributed by atoms with van der Waals surface area (Å²) in [5.74, 6) is -0.437. The molecule has 32 heavy (non-hydrogen) atoms. The number of nitrogens with one attached hydrogen (secondary N) is 2. The molecule has 1 unspecified atom stereocenters. The van der Waals surface area contributed by atoms with Crippen LogP contribution in [0.3, 0.4) is 0 Å². The van der Waals surface area contributed by atoms with E-state index in [4.69, 9.17) is 0 Å². The topological polar surface area (TPSA) is 83.0 Å². The molecule has 7 nitrogen and oxygen atoms in total. The molecule has 0 bridgehead atoms. The summed E-state index contributed by atoms with van der Waals surface area (Å²) in [5, 5.41) is 5.36. The molecule has 0 saturated carbocycles. The van der Waals surface area contributed by atoms with Crippen LogP contribution in [0.2, 0.25) is 0 Å². The quantitative estimate of drug-likeness (QED) is 0.590. The van der Waals surface area contributed by atoms with Crippen molar-refractivity contribution in [2.24, 2.45) is 0 Å². The molecule has 0 spiro atoms. The summed E-state index contributed by atoms with van der Waals surface area (Å²) in [4.78, 5) is 25.8. The van der Waals surface area contributed by atoms with E-state index in [-0.39, 0.29) is 29.9 Å². The summed E-state index contributed by atoms with van der Waals surface area (Å²) in [6, 6.07) is 10.2. The molecule has 2 N–H and O–H groups in total. The zero-order valence-corrected chi connectivity index (χ0v) is 16.6. The van der Waals surface area contributed by atoms with Gasteiger partial charge in [-0.15, -0.1) is 0 Å². The number of hydrogen-bond donors (Lipinski definition) is 2. The van der Waals surface area contributed by atoms with Gasteiger partial charge in [-0.05, 0) is 42.8 Å². The van der Waals surface area contributed by atoms with E-state index in [2.05, 4.69) is 25.6 Å². The molecule has 1 aromatic carbocycles. The smallest absolute Gasteiger partial charge is 0.354 e. The van der Waals surface area contributed by atoms with Crippen molar-refractivity contribution in [3.63, 3.8) is 0 Å². The second-order valence-electron chi connectivity index (χ2n) is 7.18. The van der Waals surface area contributed by atoms with Crippen LogP contribution in [0.1, 0.15) is 12.1 Å². The maximum atomic E-state index is 13.4. The van der Waals surface area contributed by atoms with Crippen LogP contribution in [0.5, 0.6) is 0 Å². The molecule has 1 aliphatic heterocycles. The first-order chi connectivity index (χ1) is 15.3. The fraction of sp³-hybridized carbons (Fsp3) is 0.238. The van der Waals surface area contributed by atoms with Gasteiger partial charge in [0.2, 0.25) is 0 Å². The maximum Gasteiger partial charge on any atom is 0.433 e. The van der Waals surface area contributed by atoms with E-state index in [0.29, 0.717) is 18.7 Å². The molecular formula is C21H18F4N6O. The normalized spacial score (nSPS) is 16.1. The van der Waals surface area contributed by atoms with Crippen molar-refractivity contribution in [2.45, 2.75) is 18.6 Å². The first-order valence-electron chi connectivity index (χ1n) is 9.73. The molecular weight excluding hydrogens is 428 g/mol. The minimum atomic E-state index is -4.65. The second-order valence-corrected chi connectivity index (χ2v) is 7.18. The van der Waals surface area contributed by atoms with Crippen molar-refractivity contribution < 1.29 is 22.4 Å². The van der Waals surface area contributed by atoms with Crippen molar-refractivity contribution in [3.05, 3.63) is 66.2 Å². The zero-order chi connectivity index (χ0) is 22.7. The summed E-state index contributed by atoms with van der Waals surface area (Å²) in [6.45, 7) is 0.671. The highest BCUT2D eigenvalue weighted by Gasteiger charge is 2.35. The number of nitrogens with zero attached hydrogens (tertiary/aromatic N) is 4. The Morgan fingerprint density at radius 2 is 1.88 bits per heavy atom. The molecule has 166 valence electrons. The molecule has 1 saturated heterocycles. The van der Waals surface area contributed by atoms with Gasteiger partial charge in [0.1, 0.15) is 17.3 Å². The van der Waals surface area contributed by atoms with E-state index < -0.39 is 23.7 Å². The Bertz CT molecular complexity index is 1090. The number of pyridine rings is 1. The summed E-state index contributed by atoms with van der Waals surface area (Å²) in [7, 11) is 0. The van der Waals surface area contributed by atoms with Gasteiger partial charge in [-0.2, -0.15) is 13.2 Å². The van der Waals surface area contributed by atoms with Crippen LogP contribution in [-0.2, 0) is 6.18 Å². The SMILES string of the molecule is O=C(Nc1ccc(F)cc1)NC1CCN(c2cc(C(F)(F)F)nc(-c3ccccn3)n2)C1. The molecule has 3 heterocycles. The first-order valence-corrected chi connectivity index (χ1v) is 9.73. The van der Waals surface area contributed by atoms with Gasteiger partial charge in [0, 0.05) is 37.1 Å². The number of aromatic nitrogens is 3. The Kier molecular flexibility index (Phi) is 5.89. The number of alkyl halides is 3. The lowest BCUT2D eigenvalue weighted by molar-refractivity contribution is -0.141. The molecule has 11 heteroatoms. The molecule has 1 atom stereocenters. The fourth-order valence-corrected chi connectivity index (χ4v) is 3.32. The van der Waals surface area contributed by atoms with E-state index in [1.165, 1.54) is 36.5 Å². The zero-order valence-electron chi connectivity index (χ0n) is 16.6. The number of anilines is 2. The van der Waals surface area contributed by atoms with Gasteiger partial charge in [0.15, 0.2) is 11.5 Å². The van der Waals surface area contributed by atoms with Crippen molar-refractivity contribution in [1.29, 1.82) is 0 Å². The van der Waals surface area contributed by atoms with Gasteiger partial charge in [-0.3, -0.25) is 4.98 Å². The van der Waals surface area contributed by atoms with Gasteiger partial charge in [0.05, 0.1) is 0 Å². The largest absolute Gasteiger partial charge is 0.433 e. The second kappa shape index (κ2) is 8.77. The Morgan fingerprint density at radius 1 is 1.09 bits per heavy atom. The van der Waals surface area contributed by atoms with Gasteiger partial charge < -0.3 is 15.5 Å². The molecule has 1 aliphatic rings. The van der Waals surface area contributed by atoms with E-state index in [1.54, 1.807) is 17.0 Å². The van der Waals surface area contributed by atoms with E-state index in [1.807, 2.05) is 0 Å². The van der Waals surface area contributed by atoms with Crippen LogP contribution >= 0.6 is 0 Å². The highest BCUT2D eigenvalue weighted by atomic mass is 19.4. The number of benzene rings is 1. The predicted octanol–water partition coefficient (Wildman–Crippen LogP) is 4.10. The standard InChI is InChI=1S/C21H18F4N6O/c22-13-4-6-14(7-5-13)27-20(32)28-15-8-10-31(12-15)18-11-17(21(23,24)25)29-19(30-18)16-3-1-2-9-26-16/h1-7,9,11,15H,8,10,12H2,(H2,27,28,32). The van der Waals surface area contributed by atoms with Gasteiger partial charge in [0.25, 0.3) is 0 Å². The first kappa shape index (κ1) is 21.5. The van der Waals surface area contributed by atoms with E-state index in [0.717, 1.165) is 6.07 Å². The van der Waals surface area contributed by atoms with Gasteiger partial charge >= 0.3 is 12.2 Å². The van der Waals surface area contributed by atoms with Crippen LogP contribution in [0.25, 0.3) is 11.5 Å². The van der Waals surface area contributed by atoms with Crippen LogP contribution in [0.4, 0.5) is 33.9 Å². The number of carbonyl (C=O) groups is 1. The molecule has 2 amide bonds. The molecule has 1 fully saturated rings. The number of rotatable bonds is 4. The Labute approximate surface area is 180 Å². The number of carbonyl (C=O) groups excluding carboxylic acids is 1. The monoisotopic (exact) mass is 446 g/mol. The molecule has 4 rings (SSSR count). The minimum Gasteiger partial charge on any atom is -0.354 e. The lowest BCUT2D eigenvalue weighted by Crippen LogP contribution is -2.39. The third-order valence-electron chi connectivity index (χ3n) is 4.85. The summed E-state index contributed by atoms with van der Waals surface area (Å²) < 4.78 is 53.2. The Hall–Kier alpha value is -3.76. The van der Waals surface area contributed by atoms with Crippen molar-refractivity contribution in [3.8, 4) is 11.5 Å². The molecule has 3 aromatic rings. The van der Waals surface area contributed by atoms with Crippen LogP contribution in [0.15, 0.2) is 54.7 Å². The van der Waals surface area contributed by atoms with Gasteiger partial charge in [-0.25, -0.2) is 19.2 Å². The predicted molar refractivity (Wildman–Crippen MR) is 109 cm³/mol. The fourth-order valence-electron chi connectivity index (χ4n) is 3.32. The highest BCUT2D eigenvalue weighted by molar-refractivity contribution is 5.89. The van der Waals surface area contributed by atoms with Crippen LogP contribution < -0.4 is 15.5 Å².